The molecule has 0 amide bonds. The first-order valence-electron chi connectivity index (χ1n) is 15.9. The van der Waals surface area contributed by atoms with Gasteiger partial charge in [0.15, 0.2) is 5.65 Å². The standard InChI is InChI=1S/C34H41FN8O/c1-2-44-20-19-40-15-17-41(18-16-40)27-8-10-28(11-9-27)43-34-31(33(36)37-23-38-34)32(39-43)25-7-12-30-24(21-25)13-14-42(30)22-26-5-3-4-6-29(26)35/h3-7,12-14,21,23,27-28H,2,8-11,15-20,22H2,1H3,(H2,36,37,38). The van der Waals surface area contributed by atoms with Crippen molar-refractivity contribution < 1.29 is 9.13 Å². The molecule has 9 nitrogen and oxygen atoms in total. The Hall–Kier alpha value is -3.86. The molecule has 0 unspecified atom stereocenters. The maximum Gasteiger partial charge on any atom is 0.164 e. The van der Waals surface area contributed by atoms with Crippen LogP contribution in [0.1, 0.15) is 44.2 Å². The van der Waals surface area contributed by atoms with Gasteiger partial charge < -0.3 is 15.0 Å². The Balaban J connectivity index is 1.09. The molecule has 0 spiro atoms. The largest absolute Gasteiger partial charge is 0.383 e. The van der Waals surface area contributed by atoms with Crippen molar-refractivity contribution in [2.75, 3.05) is 51.7 Å². The van der Waals surface area contributed by atoms with Gasteiger partial charge in [-0.3, -0.25) is 9.80 Å². The first-order chi connectivity index (χ1) is 21.6. The first-order valence-corrected chi connectivity index (χ1v) is 15.9. The van der Waals surface area contributed by atoms with Crippen molar-refractivity contribution in [3.05, 3.63) is 72.4 Å². The first kappa shape index (κ1) is 28.9. The number of anilines is 1. The Bertz CT molecular complexity index is 1730. The van der Waals surface area contributed by atoms with Gasteiger partial charge in [-0.1, -0.05) is 24.3 Å². The zero-order chi connectivity index (χ0) is 30.0. The zero-order valence-electron chi connectivity index (χ0n) is 25.4. The number of hydrogen-bond acceptors (Lipinski definition) is 7. The molecule has 2 N–H and O–H groups in total. The van der Waals surface area contributed by atoms with Crippen LogP contribution in [0.5, 0.6) is 0 Å². The minimum atomic E-state index is -0.191. The van der Waals surface area contributed by atoms with Crippen molar-refractivity contribution in [1.29, 1.82) is 0 Å². The fourth-order valence-electron chi connectivity index (χ4n) is 7.11. The second-order valence-corrected chi connectivity index (χ2v) is 12.1. The summed E-state index contributed by atoms with van der Waals surface area (Å²) in [5.41, 5.74) is 10.8. The molecule has 0 bridgehead atoms. The summed E-state index contributed by atoms with van der Waals surface area (Å²) in [6.07, 6.45) is 7.99. The molecule has 230 valence electrons. The van der Waals surface area contributed by atoms with Gasteiger partial charge in [0.2, 0.25) is 0 Å². The summed E-state index contributed by atoms with van der Waals surface area (Å²) in [5.74, 6) is 0.257. The van der Waals surface area contributed by atoms with Crippen molar-refractivity contribution in [2.45, 2.75) is 51.2 Å². The number of ether oxygens (including phenoxy) is 1. The SMILES string of the molecule is CCOCCN1CCN(C2CCC(n3nc(-c4ccc5c(ccn5Cc5ccccc5F)c4)c4c(N)ncnc43)CC2)CC1. The van der Waals surface area contributed by atoms with Gasteiger partial charge in [0.05, 0.1) is 24.6 Å². The maximum atomic E-state index is 14.3. The Labute approximate surface area is 257 Å². The van der Waals surface area contributed by atoms with E-state index in [1.807, 2.05) is 18.3 Å². The van der Waals surface area contributed by atoms with Crippen LogP contribution in [0, 0.1) is 5.82 Å². The zero-order valence-corrected chi connectivity index (χ0v) is 25.4. The molecule has 0 atom stereocenters. The normalized spacial score (nSPS) is 20.1. The lowest BCUT2D eigenvalue weighted by molar-refractivity contribution is 0.0507. The Morgan fingerprint density at radius 2 is 1.75 bits per heavy atom. The quantitative estimate of drug-likeness (QED) is 0.229. The molecule has 3 aromatic heterocycles. The lowest BCUT2D eigenvalue weighted by Gasteiger charge is -2.42. The van der Waals surface area contributed by atoms with Crippen molar-refractivity contribution in [1.82, 2.24) is 34.1 Å². The van der Waals surface area contributed by atoms with Crippen LogP contribution in [0.4, 0.5) is 10.2 Å². The number of halogens is 1. The topological polar surface area (TPSA) is 90.3 Å². The highest BCUT2D eigenvalue weighted by molar-refractivity contribution is 6.00. The molecule has 7 rings (SSSR count). The third-order valence-electron chi connectivity index (χ3n) is 9.55. The number of aromatic nitrogens is 5. The molecule has 2 aliphatic rings. The van der Waals surface area contributed by atoms with E-state index in [2.05, 4.69) is 60.2 Å². The average molecular weight is 597 g/mol. The number of fused-ring (bicyclic) bond motifs is 2. The smallest absolute Gasteiger partial charge is 0.164 e. The molecule has 2 fully saturated rings. The van der Waals surface area contributed by atoms with Gasteiger partial charge in [-0.25, -0.2) is 19.0 Å². The molecule has 5 aromatic rings. The molecule has 1 aliphatic carbocycles. The molecule has 0 radical (unpaired) electrons. The third-order valence-corrected chi connectivity index (χ3v) is 9.55. The Morgan fingerprint density at radius 3 is 2.55 bits per heavy atom. The number of nitrogens with zero attached hydrogens (tertiary/aromatic N) is 7. The molecule has 2 aromatic carbocycles. The van der Waals surface area contributed by atoms with E-state index >= 15 is 0 Å². The number of rotatable bonds is 9. The number of piperazine rings is 1. The van der Waals surface area contributed by atoms with Gasteiger partial charge in [-0.15, -0.1) is 0 Å². The van der Waals surface area contributed by atoms with Gasteiger partial charge >= 0.3 is 0 Å². The predicted molar refractivity (Wildman–Crippen MR) is 172 cm³/mol. The summed E-state index contributed by atoms with van der Waals surface area (Å²) in [6.45, 7) is 9.66. The van der Waals surface area contributed by atoms with E-state index in [-0.39, 0.29) is 11.9 Å². The highest BCUT2D eigenvalue weighted by Crippen LogP contribution is 2.38. The predicted octanol–water partition coefficient (Wildman–Crippen LogP) is 5.36. The van der Waals surface area contributed by atoms with Crippen LogP contribution >= 0.6 is 0 Å². The summed E-state index contributed by atoms with van der Waals surface area (Å²) >= 11 is 0. The number of nitrogens with two attached hydrogens (primary N) is 1. The molecule has 4 heterocycles. The van der Waals surface area contributed by atoms with Crippen LogP contribution in [0.3, 0.4) is 0 Å². The van der Waals surface area contributed by atoms with Gasteiger partial charge in [0.25, 0.3) is 0 Å². The van der Waals surface area contributed by atoms with E-state index < -0.39 is 0 Å². The van der Waals surface area contributed by atoms with Gasteiger partial charge in [0, 0.05) is 73.6 Å². The summed E-state index contributed by atoms with van der Waals surface area (Å²) < 4.78 is 24.1. The van der Waals surface area contributed by atoms with Crippen LogP contribution in [0.15, 0.2) is 61.1 Å². The highest BCUT2D eigenvalue weighted by Gasteiger charge is 2.31. The van der Waals surface area contributed by atoms with Crippen LogP contribution in [0.2, 0.25) is 0 Å². The van der Waals surface area contributed by atoms with E-state index in [0.29, 0.717) is 24.0 Å². The Morgan fingerprint density at radius 1 is 0.955 bits per heavy atom. The van der Waals surface area contributed by atoms with Crippen LogP contribution < -0.4 is 5.73 Å². The second-order valence-electron chi connectivity index (χ2n) is 12.1. The summed E-state index contributed by atoms with van der Waals surface area (Å²) in [5, 5.41) is 7.04. The monoisotopic (exact) mass is 596 g/mol. The fraction of sp³-hybridized carbons (Fsp3) is 0.441. The summed E-state index contributed by atoms with van der Waals surface area (Å²) in [4.78, 5) is 14.2. The van der Waals surface area contributed by atoms with E-state index in [9.17, 15) is 4.39 Å². The molecule has 1 saturated carbocycles. The highest BCUT2D eigenvalue weighted by atomic mass is 19.1. The van der Waals surface area contributed by atoms with Crippen molar-refractivity contribution in [3.8, 4) is 11.3 Å². The minimum absolute atomic E-state index is 0.191. The van der Waals surface area contributed by atoms with E-state index in [4.69, 9.17) is 15.6 Å². The van der Waals surface area contributed by atoms with Crippen molar-refractivity contribution >= 4 is 27.8 Å². The lowest BCUT2D eigenvalue weighted by atomic mass is 9.90. The van der Waals surface area contributed by atoms with E-state index in [1.165, 1.54) is 6.07 Å². The van der Waals surface area contributed by atoms with Crippen LogP contribution in [0.25, 0.3) is 33.2 Å². The number of nitrogen functional groups attached to an aromatic ring is 1. The van der Waals surface area contributed by atoms with Crippen LogP contribution in [-0.2, 0) is 11.3 Å². The average Bonchev–Trinajstić information content (AvgIpc) is 3.65. The Kier molecular flexibility index (Phi) is 8.29. The van der Waals surface area contributed by atoms with Gasteiger partial charge in [0.1, 0.15) is 23.7 Å². The number of benzene rings is 2. The van der Waals surface area contributed by atoms with Crippen LogP contribution in [-0.4, -0.2) is 86.1 Å². The third kappa shape index (κ3) is 5.69. The van der Waals surface area contributed by atoms with E-state index in [0.717, 1.165) is 105 Å². The maximum absolute atomic E-state index is 14.3. The van der Waals surface area contributed by atoms with Crippen molar-refractivity contribution in [2.24, 2.45) is 0 Å². The fourth-order valence-corrected chi connectivity index (χ4v) is 7.11. The molecule has 1 aliphatic heterocycles. The van der Waals surface area contributed by atoms with E-state index in [1.54, 1.807) is 12.4 Å². The molecular weight excluding hydrogens is 555 g/mol. The molecular formula is C34H41FN8O. The van der Waals surface area contributed by atoms with Crippen molar-refractivity contribution in [3.63, 3.8) is 0 Å². The molecule has 10 heteroatoms. The minimum Gasteiger partial charge on any atom is -0.383 e. The second kappa shape index (κ2) is 12.6. The summed E-state index contributed by atoms with van der Waals surface area (Å²) in [6, 6.07) is 16.2. The number of hydrogen-bond donors (Lipinski definition) is 1. The summed E-state index contributed by atoms with van der Waals surface area (Å²) in [7, 11) is 0. The molecule has 44 heavy (non-hydrogen) atoms. The molecule has 1 saturated heterocycles. The van der Waals surface area contributed by atoms with Gasteiger partial charge in [-0.05, 0) is 56.9 Å². The lowest BCUT2D eigenvalue weighted by Crippen LogP contribution is -2.51. The van der Waals surface area contributed by atoms with Gasteiger partial charge in [-0.2, -0.15) is 5.10 Å².